The predicted molar refractivity (Wildman–Crippen MR) is 84.7 cm³/mol. The Balaban J connectivity index is 2.47. The minimum atomic E-state index is -3.11. The molecule has 1 unspecified atom stereocenters. The topological polar surface area (TPSA) is 72.2 Å². The summed E-state index contributed by atoms with van der Waals surface area (Å²) in [5, 5.41) is 3.30. The van der Waals surface area contributed by atoms with Crippen LogP contribution in [0.15, 0.2) is 29.2 Å². The van der Waals surface area contributed by atoms with Crippen LogP contribution in [-0.4, -0.2) is 27.3 Å². The summed E-state index contributed by atoms with van der Waals surface area (Å²) in [6, 6.07) is 7.01. The summed E-state index contributed by atoms with van der Waals surface area (Å²) in [7, 11) is -3.11. The molecule has 114 valence electrons. The minimum absolute atomic E-state index is 0.205. The number of sulfone groups is 1. The molecule has 0 aliphatic rings. The smallest absolute Gasteiger partial charge is 0.178 e. The van der Waals surface area contributed by atoms with Crippen LogP contribution in [0.4, 0.5) is 5.69 Å². The van der Waals surface area contributed by atoms with Gasteiger partial charge in [-0.15, -0.1) is 0 Å². The standard InChI is InChI=1S/C15H26N2O2S/c1-3-11-20(18,19)15-8-6-14(7-9-15)17-10-4-5-13(2)12-16/h6-9,13,17H,3-5,10-12,16H2,1-2H3. The number of nitrogens with one attached hydrogen (secondary N) is 1. The van der Waals surface area contributed by atoms with E-state index in [0.717, 1.165) is 31.6 Å². The average molecular weight is 298 g/mol. The van der Waals surface area contributed by atoms with E-state index >= 15 is 0 Å². The lowest BCUT2D eigenvalue weighted by molar-refractivity contribution is 0.529. The SMILES string of the molecule is CCCS(=O)(=O)c1ccc(NCCCC(C)CN)cc1. The van der Waals surface area contributed by atoms with Gasteiger partial charge in [-0.1, -0.05) is 13.8 Å². The highest BCUT2D eigenvalue weighted by Crippen LogP contribution is 2.16. The van der Waals surface area contributed by atoms with Gasteiger partial charge in [0.05, 0.1) is 10.6 Å². The third-order valence-electron chi connectivity index (χ3n) is 3.29. The summed E-state index contributed by atoms with van der Waals surface area (Å²) in [5.74, 6) is 0.759. The van der Waals surface area contributed by atoms with Crippen molar-refractivity contribution in [2.45, 2.75) is 38.0 Å². The van der Waals surface area contributed by atoms with Gasteiger partial charge in [0.25, 0.3) is 0 Å². The molecule has 0 spiro atoms. The van der Waals surface area contributed by atoms with Gasteiger partial charge < -0.3 is 11.1 Å². The first-order valence-electron chi connectivity index (χ1n) is 7.26. The molecule has 0 aromatic heterocycles. The van der Waals surface area contributed by atoms with Crippen molar-refractivity contribution in [3.63, 3.8) is 0 Å². The van der Waals surface area contributed by atoms with Gasteiger partial charge in [0.2, 0.25) is 0 Å². The van der Waals surface area contributed by atoms with Gasteiger partial charge in [0, 0.05) is 12.2 Å². The highest BCUT2D eigenvalue weighted by Gasteiger charge is 2.12. The normalized spacial score (nSPS) is 13.2. The van der Waals surface area contributed by atoms with Crippen LogP contribution in [0.5, 0.6) is 0 Å². The summed E-state index contributed by atoms with van der Waals surface area (Å²) in [5.41, 5.74) is 6.53. The molecule has 0 saturated carbocycles. The van der Waals surface area contributed by atoms with Crippen LogP contribution in [0.3, 0.4) is 0 Å². The molecule has 20 heavy (non-hydrogen) atoms. The van der Waals surface area contributed by atoms with E-state index in [1.54, 1.807) is 12.1 Å². The van der Waals surface area contributed by atoms with Gasteiger partial charge in [-0.25, -0.2) is 8.42 Å². The molecular formula is C15H26N2O2S. The van der Waals surface area contributed by atoms with Gasteiger partial charge in [-0.2, -0.15) is 0 Å². The van der Waals surface area contributed by atoms with Crippen LogP contribution < -0.4 is 11.1 Å². The van der Waals surface area contributed by atoms with Crippen molar-refractivity contribution >= 4 is 15.5 Å². The van der Waals surface area contributed by atoms with Gasteiger partial charge in [0.1, 0.15) is 0 Å². The number of anilines is 1. The molecule has 1 aromatic rings. The molecule has 3 N–H and O–H groups in total. The zero-order chi connectivity index (χ0) is 15.0. The Morgan fingerprint density at radius 2 is 1.90 bits per heavy atom. The summed E-state index contributed by atoms with van der Waals surface area (Å²) < 4.78 is 23.8. The fourth-order valence-corrected chi connectivity index (χ4v) is 3.29. The molecule has 0 radical (unpaired) electrons. The Morgan fingerprint density at radius 3 is 2.45 bits per heavy atom. The van der Waals surface area contributed by atoms with Crippen LogP contribution in [0.25, 0.3) is 0 Å². The molecule has 0 saturated heterocycles. The summed E-state index contributed by atoms with van der Waals surface area (Å²) in [6.45, 7) is 5.62. The molecule has 0 bridgehead atoms. The van der Waals surface area contributed by atoms with Crippen molar-refractivity contribution in [1.82, 2.24) is 0 Å². The minimum Gasteiger partial charge on any atom is -0.385 e. The van der Waals surface area contributed by atoms with Gasteiger partial charge in [-0.05, 0) is 56.0 Å². The summed E-state index contributed by atoms with van der Waals surface area (Å²) >= 11 is 0. The van der Waals surface area contributed by atoms with Crippen molar-refractivity contribution in [1.29, 1.82) is 0 Å². The Labute approximate surface area is 122 Å². The number of hydrogen-bond acceptors (Lipinski definition) is 4. The van der Waals surface area contributed by atoms with Gasteiger partial charge >= 0.3 is 0 Å². The largest absolute Gasteiger partial charge is 0.385 e. The van der Waals surface area contributed by atoms with E-state index in [-0.39, 0.29) is 5.75 Å². The monoisotopic (exact) mass is 298 g/mol. The fourth-order valence-electron chi connectivity index (χ4n) is 1.97. The van der Waals surface area contributed by atoms with Gasteiger partial charge in [-0.3, -0.25) is 0 Å². The van der Waals surface area contributed by atoms with E-state index in [0.29, 0.717) is 17.2 Å². The maximum atomic E-state index is 11.9. The summed E-state index contributed by atoms with van der Waals surface area (Å²) in [6.07, 6.45) is 2.81. The molecule has 0 aliphatic heterocycles. The quantitative estimate of drug-likeness (QED) is 0.688. The van der Waals surface area contributed by atoms with Crippen LogP contribution >= 0.6 is 0 Å². The van der Waals surface area contributed by atoms with Crippen LogP contribution in [-0.2, 0) is 9.84 Å². The third-order valence-corrected chi connectivity index (χ3v) is 5.23. The molecule has 4 nitrogen and oxygen atoms in total. The number of nitrogens with two attached hydrogens (primary N) is 1. The molecule has 0 fully saturated rings. The first-order valence-corrected chi connectivity index (χ1v) is 8.91. The van der Waals surface area contributed by atoms with E-state index in [2.05, 4.69) is 12.2 Å². The second kappa shape index (κ2) is 8.27. The third kappa shape index (κ3) is 5.51. The Hall–Kier alpha value is -1.07. The Morgan fingerprint density at radius 1 is 1.25 bits per heavy atom. The van der Waals surface area contributed by atoms with E-state index in [9.17, 15) is 8.42 Å². The molecule has 1 atom stereocenters. The molecule has 0 heterocycles. The molecule has 0 amide bonds. The molecule has 5 heteroatoms. The highest BCUT2D eigenvalue weighted by molar-refractivity contribution is 7.91. The number of hydrogen-bond donors (Lipinski definition) is 2. The summed E-state index contributed by atoms with van der Waals surface area (Å²) in [4.78, 5) is 0.404. The predicted octanol–water partition coefficient (Wildman–Crippen LogP) is 2.66. The zero-order valence-electron chi connectivity index (χ0n) is 12.4. The van der Waals surface area contributed by atoms with Crippen molar-refractivity contribution < 1.29 is 8.42 Å². The van der Waals surface area contributed by atoms with Crippen molar-refractivity contribution in [2.24, 2.45) is 11.7 Å². The molecular weight excluding hydrogens is 272 g/mol. The number of benzene rings is 1. The van der Waals surface area contributed by atoms with Crippen LogP contribution in [0, 0.1) is 5.92 Å². The van der Waals surface area contributed by atoms with Crippen molar-refractivity contribution in [3.05, 3.63) is 24.3 Å². The van der Waals surface area contributed by atoms with Crippen molar-refractivity contribution in [3.8, 4) is 0 Å². The molecule has 1 aromatic carbocycles. The van der Waals surface area contributed by atoms with Crippen LogP contribution in [0.1, 0.15) is 33.1 Å². The van der Waals surface area contributed by atoms with Crippen LogP contribution in [0.2, 0.25) is 0 Å². The lowest BCUT2D eigenvalue weighted by Crippen LogP contribution is -2.12. The molecule has 1 rings (SSSR count). The Kier molecular flexibility index (Phi) is 7.02. The second-order valence-corrected chi connectivity index (χ2v) is 7.36. The highest BCUT2D eigenvalue weighted by atomic mass is 32.2. The number of rotatable bonds is 9. The average Bonchev–Trinajstić information content (AvgIpc) is 2.43. The first-order chi connectivity index (χ1) is 9.49. The molecule has 0 aliphatic carbocycles. The van der Waals surface area contributed by atoms with E-state index in [1.165, 1.54) is 0 Å². The van der Waals surface area contributed by atoms with Gasteiger partial charge in [0.15, 0.2) is 9.84 Å². The first kappa shape index (κ1) is 17.0. The maximum absolute atomic E-state index is 11.9. The zero-order valence-corrected chi connectivity index (χ0v) is 13.2. The maximum Gasteiger partial charge on any atom is 0.178 e. The van der Waals surface area contributed by atoms with E-state index < -0.39 is 9.84 Å². The van der Waals surface area contributed by atoms with E-state index in [4.69, 9.17) is 5.73 Å². The van der Waals surface area contributed by atoms with Crippen molar-refractivity contribution in [2.75, 3.05) is 24.2 Å². The second-order valence-electron chi connectivity index (χ2n) is 5.25. The Bertz CT molecular complexity index is 483. The fraction of sp³-hybridized carbons (Fsp3) is 0.600. The lowest BCUT2D eigenvalue weighted by atomic mass is 10.1. The lowest BCUT2D eigenvalue weighted by Gasteiger charge is -2.10. The van der Waals surface area contributed by atoms with E-state index in [1.807, 2.05) is 19.1 Å².